The van der Waals surface area contributed by atoms with Crippen molar-refractivity contribution in [1.82, 2.24) is 10.2 Å². The van der Waals surface area contributed by atoms with Crippen LogP contribution in [0.25, 0.3) is 0 Å². The van der Waals surface area contributed by atoms with Crippen LogP contribution in [0.2, 0.25) is 0 Å². The van der Waals surface area contributed by atoms with Gasteiger partial charge in [-0.1, -0.05) is 43.3 Å². The molecule has 26 heavy (non-hydrogen) atoms. The van der Waals surface area contributed by atoms with Crippen molar-refractivity contribution in [2.75, 3.05) is 6.54 Å². The maximum absolute atomic E-state index is 12.5. The van der Waals surface area contributed by atoms with Crippen LogP contribution >= 0.6 is 0 Å². The highest BCUT2D eigenvalue weighted by atomic mass is 16.2. The van der Waals surface area contributed by atoms with E-state index in [0.29, 0.717) is 18.5 Å². The smallest absolute Gasteiger partial charge is 0.251 e. The number of carbonyl (C=O) groups is 2. The molecule has 0 spiro atoms. The van der Waals surface area contributed by atoms with Gasteiger partial charge in [0, 0.05) is 25.1 Å². The first-order valence-electron chi connectivity index (χ1n) is 9.33. The third-order valence-electron chi connectivity index (χ3n) is 5.00. The molecule has 1 aliphatic rings. The van der Waals surface area contributed by atoms with Gasteiger partial charge in [-0.15, -0.1) is 0 Å². The van der Waals surface area contributed by atoms with E-state index >= 15 is 0 Å². The third kappa shape index (κ3) is 4.31. The molecule has 1 heterocycles. The van der Waals surface area contributed by atoms with Gasteiger partial charge in [0.1, 0.15) is 0 Å². The lowest BCUT2D eigenvalue weighted by Crippen LogP contribution is -2.27. The van der Waals surface area contributed by atoms with Gasteiger partial charge in [0.25, 0.3) is 5.91 Å². The zero-order valence-corrected chi connectivity index (χ0v) is 15.5. The van der Waals surface area contributed by atoms with E-state index in [1.807, 2.05) is 36.1 Å². The molecular weight excluding hydrogens is 324 g/mol. The number of amides is 2. The van der Waals surface area contributed by atoms with Gasteiger partial charge in [-0.2, -0.15) is 0 Å². The lowest BCUT2D eigenvalue weighted by atomic mass is 10.0. The van der Waals surface area contributed by atoms with Crippen LogP contribution in [0.1, 0.15) is 59.8 Å². The monoisotopic (exact) mass is 350 g/mol. The predicted octanol–water partition coefficient (Wildman–Crippen LogP) is 3.86. The number of aryl methyl sites for hydroxylation is 1. The second-order valence-electron chi connectivity index (χ2n) is 6.91. The summed E-state index contributed by atoms with van der Waals surface area (Å²) in [7, 11) is 0. The normalized spacial score (nSPS) is 15.2. The standard InChI is InChI=1S/C22H26N2O2/c1-3-17-6-10-19(11-7-17)16(2)23-22(26)20-12-8-18(9-13-20)15-24-14-4-5-21(24)25/h6-13,16H,3-5,14-15H2,1-2H3,(H,23,26)/t16-/m1/s1. The molecule has 2 aromatic rings. The fourth-order valence-corrected chi connectivity index (χ4v) is 3.26. The van der Waals surface area contributed by atoms with Gasteiger partial charge in [0.05, 0.1) is 6.04 Å². The van der Waals surface area contributed by atoms with Crippen LogP contribution in [0.15, 0.2) is 48.5 Å². The highest BCUT2D eigenvalue weighted by Crippen LogP contribution is 2.17. The van der Waals surface area contributed by atoms with E-state index < -0.39 is 0 Å². The zero-order chi connectivity index (χ0) is 18.5. The Morgan fingerprint density at radius 2 is 1.73 bits per heavy atom. The number of rotatable bonds is 6. The lowest BCUT2D eigenvalue weighted by Gasteiger charge is -2.17. The summed E-state index contributed by atoms with van der Waals surface area (Å²) < 4.78 is 0. The zero-order valence-electron chi connectivity index (χ0n) is 15.5. The Labute approximate surface area is 155 Å². The van der Waals surface area contributed by atoms with Crippen molar-refractivity contribution in [2.24, 2.45) is 0 Å². The number of hydrogen-bond acceptors (Lipinski definition) is 2. The maximum Gasteiger partial charge on any atom is 0.251 e. The first-order valence-corrected chi connectivity index (χ1v) is 9.33. The summed E-state index contributed by atoms with van der Waals surface area (Å²) >= 11 is 0. The van der Waals surface area contributed by atoms with E-state index in [1.165, 1.54) is 5.56 Å². The summed E-state index contributed by atoms with van der Waals surface area (Å²) in [6.07, 6.45) is 2.60. The van der Waals surface area contributed by atoms with Gasteiger partial charge in [-0.25, -0.2) is 0 Å². The highest BCUT2D eigenvalue weighted by Gasteiger charge is 2.20. The van der Waals surface area contributed by atoms with Crippen LogP contribution in [0.4, 0.5) is 0 Å². The molecule has 1 aliphatic heterocycles. The van der Waals surface area contributed by atoms with Crippen LogP contribution in [0.3, 0.4) is 0 Å². The molecule has 3 rings (SSSR count). The number of nitrogens with one attached hydrogen (secondary N) is 1. The Hall–Kier alpha value is -2.62. The van der Waals surface area contributed by atoms with Crippen LogP contribution in [0.5, 0.6) is 0 Å². The van der Waals surface area contributed by atoms with Crippen LogP contribution in [-0.4, -0.2) is 23.3 Å². The second-order valence-corrected chi connectivity index (χ2v) is 6.91. The molecule has 4 nitrogen and oxygen atoms in total. The number of hydrogen-bond donors (Lipinski definition) is 1. The van der Waals surface area contributed by atoms with Gasteiger partial charge in [-0.3, -0.25) is 9.59 Å². The van der Waals surface area contributed by atoms with Crippen molar-refractivity contribution in [3.63, 3.8) is 0 Å². The molecular formula is C22H26N2O2. The Bertz CT molecular complexity index is 766. The highest BCUT2D eigenvalue weighted by molar-refractivity contribution is 5.94. The molecule has 1 N–H and O–H groups in total. The van der Waals surface area contributed by atoms with Crippen LogP contribution in [0, 0.1) is 0 Å². The van der Waals surface area contributed by atoms with Crippen LogP contribution in [-0.2, 0) is 17.8 Å². The molecule has 0 bridgehead atoms. The molecule has 1 saturated heterocycles. The molecule has 0 aromatic heterocycles. The maximum atomic E-state index is 12.5. The molecule has 1 fully saturated rings. The Morgan fingerprint density at radius 1 is 1.08 bits per heavy atom. The number of likely N-dealkylation sites (tertiary alicyclic amines) is 1. The summed E-state index contributed by atoms with van der Waals surface area (Å²) in [6, 6.07) is 15.8. The van der Waals surface area contributed by atoms with Crippen molar-refractivity contribution in [1.29, 1.82) is 0 Å². The van der Waals surface area contributed by atoms with Crippen molar-refractivity contribution in [2.45, 2.75) is 45.7 Å². The average molecular weight is 350 g/mol. The van der Waals surface area contributed by atoms with Crippen LogP contribution < -0.4 is 5.32 Å². The molecule has 0 saturated carbocycles. The van der Waals surface area contributed by atoms with E-state index in [2.05, 4.69) is 36.5 Å². The van der Waals surface area contributed by atoms with E-state index in [9.17, 15) is 9.59 Å². The summed E-state index contributed by atoms with van der Waals surface area (Å²) in [5.41, 5.74) is 4.08. The van der Waals surface area contributed by atoms with Crippen molar-refractivity contribution in [3.05, 3.63) is 70.8 Å². The van der Waals surface area contributed by atoms with Gasteiger partial charge < -0.3 is 10.2 Å². The van der Waals surface area contributed by atoms with E-state index in [4.69, 9.17) is 0 Å². The molecule has 0 aliphatic carbocycles. The van der Waals surface area contributed by atoms with Gasteiger partial charge in [-0.05, 0) is 48.6 Å². The average Bonchev–Trinajstić information content (AvgIpc) is 3.07. The Kier molecular flexibility index (Phi) is 5.71. The number of nitrogens with zero attached hydrogens (tertiary/aromatic N) is 1. The fourth-order valence-electron chi connectivity index (χ4n) is 3.26. The molecule has 1 atom stereocenters. The first-order chi connectivity index (χ1) is 12.6. The summed E-state index contributed by atoms with van der Waals surface area (Å²) in [5.74, 6) is 0.135. The summed E-state index contributed by atoms with van der Waals surface area (Å²) in [4.78, 5) is 26.1. The topological polar surface area (TPSA) is 49.4 Å². The second kappa shape index (κ2) is 8.17. The predicted molar refractivity (Wildman–Crippen MR) is 103 cm³/mol. The van der Waals surface area contributed by atoms with E-state index in [-0.39, 0.29) is 17.9 Å². The van der Waals surface area contributed by atoms with Gasteiger partial charge >= 0.3 is 0 Å². The molecule has 2 amide bonds. The number of benzene rings is 2. The third-order valence-corrected chi connectivity index (χ3v) is 5.00. The van der Waals surface area contributed by atoms with Crippen molar-refractivity contribution < 1.29 is 9.59 Å². The SMILES string of the molecule is CCc1ccc([C@@H](C)NC(=O)c2ccc(CN3CCCC3=O)cc2)cc1. The summed E-state index contributed by atoms with van der Waals surface area (Å²) in [5, 5.41) is 3.05. The minimum atomic E-state index is -0.0825. The minimum Gasteiger partial charge on any atom is -0.346 e. The molecule has 2 aromatic carbocycles. The fraction of sp³-hybridized carbons (Fsp3) is 0.364. The van der Waals surface area contributed by atoms with Crippen molar-refractivity contribution >= 4 is 11.8 Å². The molecule has 0 unspecified atom stereocenters. The Morgan fingerprint density at radius 3 is 2.31 bits per heavy atom. The summed E-state index contributed by atoms with van der Waals surface area (Å²) in [6.45, 7) is 5.58. The number of carbonyl (C=O) groups excluding carboxylic acids is 2. The molecule has 136 valence electrons. The molecule has 0 radical (unpaired) electrons. The largest absolute Gasteiger partial charge is 0.346 e. The van der Waals surface area contributed by atoms with E-state index in [0.717, 1.165) is 30.5 Å². The molecule has 4 heteroatoms. The van der Waals surface area contributed by atoms with Gasteiger partial charge in [0.2, 0.25) is 5.91 Å². The first kappa shape index (κ1) is 18.2. The minimum absolute atomic E-state index is 0.0460. The Balaban J connectivity index is 1.59. The quantitative estimate of drug-likeness (QED) is 0.860. The lowest BCUT2D eigenvalue weighted by molar-refractivity contribution is -0.128. The van der Waals surface area contributed by atoms with E-state index in [1.54, 1.807) is 0 Å². The van der Waals surface area contributed by atoms with Gasteiger partial charge in [0.15, 0.2) is 0 Å². The van der Waals surface area contributed by atoms with Crippen molar-refractivity contribution in [3.8, 4) is 0 Å².